The largest absolute Gasteiger partial charge is 0.329 e. The summed E-state index contributed by atoms with van der Waals surface area (Å²) in [7, 11) is 0. The molecule has 0 unspecified atom stereocenters. The van der Waals surface area contributed by atoms with Gasteiger partial charge < -0.3 is 10.2 Å². The zero-order valence-corrected chi connectivity index (χ0v) is 18.5. The van der Waals surface area contributed by atoms with E-state index in [9.17, 15) is 9.59 Å². The van der Waals surface area contributed by atoms with E-state index in [-0.39, 0.29) is 18.4 Å². The lowest BCUT2D eigenvalue weighted by molar-refractivity contribution is -0.116. The first kappa shape index (κ1) is 23.1. The lowest BCUT2D eigenvalue weighted by atomic mass is 10.0. The molecule has 1 N–H and O–H groups in total. The average Bonchev–Trinajstić information content (AvgIpc) is 3.23. The third kappa shape index (κ3) is 8.36. The first-order valence-corrected chi connectivity index (χ1v) is 11.6. The highest BCUT2D eigenvalue weighted by molar-refractivity contribution is 7.13. The summed E-state index contributed by atoms with van der Waals surface area (Å²) in [6, 6.07) is 7.87. The maximum Gasteiger partial charge on any atom is 0.254 e. The van der Waals surface area contributed by atoms with Crippen LogP contribution in [0.5, 0.6) is 0 Å². The zero-order chi connectivity index (χ0) is 20.9. The number of nitrogens with one attached hydrogen (secondary N) is 1. The maximum atomic E-state index is 13.0. The van der Waals surface area contributed by atoms with Gasteiger partial charge in [-0.25, -0.2) is 4.98 Å². The van der Waals surface area contributed by atoms with Crippen LogP contribution in [0.2, 0.25) is 0 Å². The van der Waals surface area contributed by atoms with Crippen LogP contribution < -0.4 is 5.32 Å². The van der Waals surface area contributed by atoms with Gasteiger partial charge in [-0.1, -0.05) is 58.1 Å². The van der Waals surface area contributed by atoms with Gasteiger partial charge in [0.2, 0.25) is 5.91 Å². The highest BCUT2D eigenvalue weighted by atomic mass is 32.1. The number of hydrogen-bond donors (Lipinski definition) is 1. The number of carbonyl (C=O) groups excluding carboxylic acids is 2. The molecule has 0 aliphatic rings. The van der Waals surface area contributed by atoms with Crippen LogP contribution in [-0.2, 0) is 11.2 Å². The van der Waals surface area contributed by atoms with Crippen LogP contribution in [0, 0.1) is 0 Å². The summed E-state index contributed by atoms with van der Waals surface area (Å²) in [5.74, 6) is -0.301. The van der Waals surface area contributed by atoms with E-state index in [1.54, 1.807) is 11.1 Å². The van der Waals surface area contributed by atoms with Crippen molar-refractivity contribution in [3.05, 3.63) is 47.0 Å². The molecule has 0 saturated carbocycles. The summed E-state index contributed by atoms with van der Waals surface area (Å²) in [4.78, 5) is 31.1. The molecule has 2 amide bonds. The van der Waals surface area contributed by atoms with Crippen LogP contribution in [0.1, 0.15) is 74.7 Å². The molecule has 2 rings (SSSR count). The Morgan fingerprint density at radius 2 is 1.72 bits per heavy atom. The highest BCUT2D eigenvalue weighted by Crippen LogP contribution is 2.14. The minimum absolute atomic E-state index is 0.0426. The number of aryl methyl sites for hydroxylation is 1. The molecule has 1 heterocycles. The van der Waals surface area contributed by atoms with Crippen LogP contribution in [0.3, 0.4) is 0 Å². The normalized spacial score (nSPS) is 10.7. The van der Waals surface area contributed by atoms with Crippen LogP contribution in [0.15, 0.2) is 35.8 Å². The standard InChI is InChI=1S/C23H33N3O2S/c1-3-5-7-8-10-19-11-13-20(14-12-19)22(28)26(16-9-6-4-2)18-21(27)25-23-24-15-17-29-23/h11-15,17H,3-10,16,18H2,1-2H3,(H,24,25,27). The van der Waals surface area contributed by atoms with E-state index in [1.807, 2.05) is 29.6 Å². The smallest absolute Gasteiger partial charge is 0.254 e. The summed E-state index contributed by atoms with van der Waals surface area (Å²) >= 11 is 1.37. The first-order valence-electron chi connectivity index (χ1n) is 10.7. The van der Waals surface area contributed by atoms with Crippen LogP contribution in [0.4, 0.5) is 5.13 Å². The summed E-state index contributed by atoms with van der Waals surface area (Å²) in [5, 5.41) is 5.13. The van der Waals surface area contributed by atoms with Crippen LogP contribution >= 0.6 is 11.3 Å². The van der Waals surface area contributed by atoms with Crippen molar-refractivity contribution in [3.63, 3.8) is 0 Å². The maximum absolute atomic E-state index is 13.0. The van der Waals surface area contributed by atoms with Crippen molar-refractivity contribution in [1.29, 1.82) is 0 Å². The number of aromatic nitrogens is 1. The van der Waals surface area contributed by atoms with E-state index < -0.39 is 0 Å². The van der Waals surface area contributed by atoms with Gasteiger partial charge in [-0.2, -0.15) is 0 Å². The summed E-state index contributed by atoms with van der Waals surface area (Å²) < 4.78 is 0. The third-order valence-corrected chi connectivity index (χ3v) is 5.54. The number of amides is 2. The van der Waals surface area contributed by atoms with Crippen molar-refractivity contribution in [2.75, 3.05) is 18.4 Å². The molecule has 5 nitrogen and oxygen atoms in total. The quantitative estimate of drug-likeness (QED) is 0.437. The van der Waals surface area contributed by atoms with E-state index >= 15 is 0 Å². The average molecular weight is 416 g/mol. The number of unbranched alkanes of at least 4 members (excludes halogenated alkanes) is 5. The number of anilines is 1. The minimum Gasteiger partial charge on any atom is -0.329 e. The first-order chi connectivity index (χ1) is 14.1. The number of nitrogens with zero attached hydrogens (tertiary/aromatic N) is 2. The molecular weight excluding hydrogens is 382 g/mol. The second-order valence-electron chi connectivity index (χ2n) is 7.33. The van der Waals surface area contributed by atoms with E-state index in [2.05, 4.69) is 24.1 Å². The predicted molar refractivity (Wildman–Crippen MR) is 120 cm³/mol. The molecule has 0 fully saturated rings. The van der Waals surface area contributed by atoms with Gasteiger partial charge in [0.15, 0.2) is 5.13 Å². The minimum atomic E-state index is -0.211. The van der Waals surface area contributed by atoms with Crippen LogP contribution in [0.25, 0.3) is 0 Å². The van der Waals surface area contributed by atoms with E-state index in [4.69, 9.17) is 0 Å². The molecule has 0 aliphatic heterocycles. The van der Waals surface area contributed by atoms with Gasteiger partial charge >= 0.3 is 0 Å². The summed E-state index contributed by atoms with van der Waals surface area (Å²) in [5.41, 5.74) is 1.90. The molecule has 29 heavy (non-hydrogen) atoms. The number of thiazole rings is 1. The molecule has 1 aromatic heterocycles. The molecule has 0 aliphatic carbocycles. The molecule has 2 aromatic rings. The van der Waals surface area contributed by atoms with E-state index in [0.29, 0.717) is 17.2 Å². The lowest BCUT2D eigenvalue weighted by Crippen LogP contribution is -2.38. The van der Waals surface area contributed by atoms with Crippen molar-refractivity contribution in [2.24, 2.45) is 0 Å². The Morgan fingerprint density at radius 3 is 2.38 bits per heavy atom. The fourth-order valence-corrected chi connectivity index (χ4v) is 3.72. The Labute approximate surface area is 178 Å². The molecule has 0 spiro atoms. The molecule has 0 saturated heterocycles. The fourth-order valence-electron chi connectivity index (χ4n) is 3.17. The van der Waals surface area contributed by atoms with Crippen LogP contribution in [-0.4, -0.2) is 34.8 Å². The van der Waals surface area contributed by atoms with Gasteiger partial charge in [0.1, 0.15) is 6.54 Å². The highest BCUT2D eigenvalue weighted by Gasteiger charge is 2.19. The third-order valence-electron chi connectivity index (χ3n) is 4.85. The predicted octanol–water partition coefficient (Wildman–Crippen LogP) is 5.54. The molecule has 1 aromatic carbocycles. The molecule has 0 bridgehead atoms. The molecule has 158 valence electrons. The van der Waals surface area contributed by atoms with Crippen molar-refractivity contribution >= 4 is 28.3 Å². The molecular formula is C23H33N3O2S. The molecule has 6 heteroatoms. The Balaban J connectivity index is 1.96. The fraction of sp³-hybridized carbons (Fsp3) is 0.522. The molecule has 0 atom stereocenters. The zero-order valence-electron chi connectivity index (χ0n) is 17.7. The SMILES string of the molecule is CCCCCCc1ccc(C(=O)N(CCCCC)CC(=O)Nc2nccs2)cc1. The Kier molecular flexibility index (Phi) is 10.4. The number of hydrogen-bond acceptors (Lipinski definition) is 4. The topological polar surface area (TPSA) is 62.3 Å². The second kappa shape index (κ2) is 13.1. The van der Waals surface area contributed by atoms with Gasteiger partial charge in [0.25, 0.3) is 5.91 Å². The van der Waals surface area contributed by atoms with E-state index in [0.717, 1.165) is 25.7 Å². The summed E-state index contributed by atoms with van der Waals surface area (Å²) in [6.45, 7) is 4.96. The second-order valence-corrected chi connectivity index (χ2v) is 8.22. The van der Waals surface area contributed by atoms with Crippen molar-refractivity contribution in [1.82, 2.24) is 9.88 Å². The lowest BCUT2D eigenvalue weighted by Gasteiger charge is -2.22. The number of rotatable bonds is 13. The Bertz CT molecular complexity index is 729. The monoisotopic (exact) mass is 415 g/mol. The number of benzene rings is 1. The van der Waals surface area contributed by atoms with Gasteiger partial charge in [-0.05, 0) is 37.0 Å². The Morgan fingerprint density at radius 1 is 1.00 bits per heavy atom. The van der Waals surface area contributed by atoms with E-state index in [1.165, 1.54) is 42.6 Å². The van der Waals surface area contributed by atoms with Gasteiger partial charge in [-0.15, -0.1) is 11.3 Å². The van der Waals surface area contributed by atoms with Gasteiger partial charge in [0.05, 0.1) is 0 Å². The van der Waals surface area contributed by atoms with Crippen molar-refractivity contribution < 1.29 is 9.59 Å². The summed E-state index contributed by atoms with van der Waals surface area (Å²) in [6.07, 6.45) is 10.6. The van der Waals surface area contributed by atoms with Gasteiger partial charge in [0, 0.05) is 23.7 Å². The molecule has 0 radical (unpaired) electrons. The number of carbonyl (C=O) groups is 2. The van der Waals surface area contributed by atoms with Gasteiger partial charge in [-0.3, -0.25) is 9.59 Å². The van der Waals surface area contributed by atoms with Crippen molar-refractivity contribution in [2.45, 2.75) is 65.2 Å². The Hall–Kier alpha value is -2.21. The van der Waals surface area contributed by atoms with Crippen molar-refractivity contribution in [3.8, 4) is 0 Å².